The fourth-order valence-electron chi connectivity index (χ4n) is 3.93. The summed E-state index contributed by atoms with van der Waals surface area (Å²) in [6.45, 7) is 0. The molecule has 32 heavy (non-hydrogen) atoms. The fourth-order valence-corrected chi connectivity index (χ4v) is 4.76. The Kier molecular flexibility index (Phi) is 6.07. The molecule has 0 atom stereocenters. The highest BCUT2D eigenvalue weighted by Gasteiger charge is 2.21. The molecule has 1 saturated carbocycles. The molecule has 7 heteroatoms. The van der Waals surface area contributed by atoms with E-state index in [9.17, 15) is 4.79 Å². The third-order valence-electron chi connectivity index (χ3n) is 5.51. The average molecular weight is 446 g/mol. The van der Waals surface area contributed by atoms with Gasteiger partial charge < -0.3 is 14.5 Å². The maximum absolute atomic E-state index is 13.1. The van der Waals surface area contributed by atoms with Crippen LogP contribution in [0.4, 0.5) is 5.69 Å². The molecule has 1 N–H and O–H groups in total. The molecule has 1 fully saturated rings. The second kappa shape index (κ2) is 9.44. The van der Waals surface area contributed by atoms with E-state index in [-0.39, 0.29) is 5.91 Å². The van der Waals surface area contributed by atoms with Crippen LogP contribution >= 0.6 is 11.8 Å². The number of nitrogens with one attached hydrogen (secondary N) is 1. The van der Waals surface area contributed by atoms with E-state index in [1.54, 1.807) is 18.5 Å². The summed E-state index contributed by atoms with van der Waals surface area (Å²) in [6, 6.07) is 17.0. The van der Waals surface area contributed by atoms with Crippen LogP contribution in [0.1, 0.15) is 41.8 Å². The molecule has 0 radical (unpaired) electrons. The SMILES string of the molecule is O=C(Nc1ccc(OC2CCCC2)cc1)c1oc2ccccc2c1CSc1ncccn1. The Labute approximate surface area is 190 Å². The molecule has 162 valence electrons. The number of carbonyl (C=O) groups excluding carboxylic acids is 1. The van der Waals surface area contributed by atoms with Crippen LogP contribution in [0, 0.1) is 0 Å². The summed E-state index contributed by atoms with van der Waals surface area (Å²) in [4.78, 5) is 21.6. The summed E-state index contributed by atoms with van der Waals surface area (Å²) in [5.41, 5.74) is 2.21. The summed E-state index contributed by atoms with van der Waals surface area (Å²) in [7, 11) is 0. The van der Waals surface area contributed by atoms with Crippen LogP contribution in [0.2, 0.25) is 0 Å². The molecule has 2 aromatic heterocycles. The molecule has 1 aliphatic carbocycles. The van der Waals surface area contributed by atoms with Crippen molar-refractivity contribution in [3.8, 4) is 5.75 Å². The first-order valence-electron chi connectivity index (χ1n) is 10.7. The highest BCUT2D eigenvalue weighted by atomic mass is 32.2. The minimum absolute atomic E-state index is 0.282. The lowest BCUT2D eigenvalue weighted by Gasteiger charge is -2.13. The largest absolute Gasteiger partial charge is 0.490 e. The van der Waals surface area contributed by atoms with Crippen molar-refractivity contribution in [1.82, 2.24) is 9.97 Å². The van der Waals surface area contributed by atoms with E-state index in [0.717, 1.165) is 29.5 Å². The zero-order chi connectivity index (χ0) is 21.8. The number of aromatic nitrogens is 2. The molecule has 1 aliphatic rings. The third kappa shape index (κ3) is 4.62. The van der Waals surface area contributed by atoms with Crippen molar-refractivity contribution in [2.75, 3.05) is 5.32 Å². The normalized spacial score (nSPS) is 14.0. The number of fused-ring (bicyclic) bond motifs is 1. The molecule has 2 aromatic carbocycles. The van der Waals surface area contributed by atoms with Gasteiger partial charge in [-0.3, -0.25) is 4.79 Å². The lowest BCUT2D eigenvalue weighted by molar-refractivity contribution is 0.0997. The number of anilines is 1. The molecule has 0 aliphatic heterocycles. The van der Waals surface area contributed by atoms with Gasteiger partial charge in [-0.05, 0) is 62.1 Å². The predicted molar refractivity (Wildman–Crippen MR) is 125 cm³/mol. The van der Waals surface area contributed by atoms with Crippen LogP contribution < -0.4 is 10.1 Å². The monoisotopic (exact) mass is 445 g/mol. The molecule has 0 spiro atoms. The van der Waals surface area contributed by atoms with Gasteiger partial charge in [0, 0.05) is 34.8 Å². The highest BCUT2D eigenvalue weighted by Crippen LogP contribution is 2.32. The number of carbonyl (C=O) groups is 1. The van der Waals surface area contributed by atoms with Gasteiger partial charge in [-0.25, -0.2) is 9.97 Å². The minimum Gasteiger partial charge on any atom is -0.490 e. The summed E-state index contributed by atoms with van der Waals surface area (Å²) >= 11 is 1.47. The summed E-state index contributed by atoms with van der Waals surface area (Å²) in [5.74, 6) is 1.38. The number of amides is 1. The van der Waals surface area contributed by atoms with Gasteiger partial charge in [-0.1, -0.05) is 30.0 Å². The summed E-state index contributed by atoms with van der Waals surface area (Å²) in [6.07, 6.45) is 8.39. The van der Waals surface area contributed by atoms with Crippen LogP contribution in [-0.4, -0.2) is 22.0 Å². The standard InChI is InChI=1S/C25H23N3O3S/c29-24(28-17-10-12-19(13-11-17)30-18-6-1-2-7-18)23-21(16-32-25-26-14-5-15-27-25)20-8-3-4-9-22(20)31-23/h3-5,8-15,18H,1-2,6-7,16H2,(H,28,29). The first-order valence-corrected chi connectivity index (χ1v) is 11.7. The van der Waals surface area contributed by atoms with E-state index in [2.05, 4.69) is 15.3 Å². The van der Waals surface area contributed by atoms with Crippen molar-refractivity contribution < 1.29 is 13.9 Å². The fraction of sp³-hybridized carbons (Fsp3) is 0.240. The molecule has 5 rings (SSSR count). The van der Waals surface area contributed by atoms with Crippen molar-refractivity contribution in [2.24, 2.45) is 0 Å². The van der Waals surface area contributed by atoms with Gasteiger partial charge in [-0.2, -0.15) is 0 Å². The molecule has 0 bridgehead atoms. The molecular weight excluding hydrogens is 422 g/mol. The molecule has 6 nitrogen and oxygen atoms in total. The number of thioether (sulfide) groups is 1. The average Bonchev–Trinajstić information content (AvgIpc) is 3.47. The van der Waals surface area contributed by atoms with Crippen LogP contribution in [0.3, 0.4) is 0 Å². The van der Waals surface area contributed by atoms with Gasteiger partial charge in [0.25, 0.3) is 5.91 Å². The Morgan fingerprint density at radius 2 is 1.78 bits per heavy atom. The van der Waals surface area contributed by atoms with E-state index in [1.807, 2.05) is 48.5 Å². The van der Waals surface area contributed by atoms with Gasteiger partial charge in [0.2, 0.25) is 0 Å². The first kappa shape index (κ1) is 20.6. The Balaban J connectivity index is 1.33. The van der Waals surface area contributed by atoms with Crippen molar-refractivity contribution in [2.45, 2.75) is 42.7 Å². The number of hydrogen-bond donors (Lipinski definition) is 1. The Morgan fingerprint density at radius 1 is 1.03 bits per heavy atom. The van der Waals surface area contributed by atoms with Crippen molar-refractivity contribution in [3.05, 3.63) is 78.3 Å². The number of nitrogens with zero attached hydrogens (tertiary/aromatic N) is 2. The topological polar surface area (TPSA) is 77.2 Å². The number of rotatable bonds is 7. The Bertz CT molecular complexity index is 1200. The van der Waals surface area contributed by atoms with E-state index >= 15 is 0 Å². The maximum atomic E-state index is 13.1. The lowest BCUT2D eigenvalue weighted by atomic mass is 10.1. The predicted octanol–water partition coefficient (Wildman–Crippen LogP) is 6.09. The number of hydrogen-bond acceptors (Lipinski definition) is 6. The smallest absolute Gasteiger partial charge is 0.291 e. The second-order valence-electron chi connectivity index (χ2n) is 7.73. The van der Waals surface area contributed by atoms with Crippen molar-refractivity contribution >= 4 is 34.3 Å². The van der Waals surface area contributed by atoms with Crippen molar-refractivity contribution in [1.29, 1.82) is 0 Å². The number of ether oxygens (including phenoxy) is 1. The molecule has 4 aromatic rings. The lowest BCUT2D eigenvalue weighted by Crippen LogP contribution is -2.13. The third-order valence-corrected chi connectivity index (χ3v) is 6.41. The summed E-state index contributed by atoms with van der Waals surface area (Å²) in [5, 5.41) is 4.52. The minimum atomic E-state index is -0.282. The molecule has 0 saturated heterocycles. The second-order valence-corrected chi connectivity index (χ2v) is 8.67. The van der Waals surface area contributed by atoms with Crippen LogP contribution in [0.5, 0.6) is 5.75 Å². The van der Waals surface area contributed by atoms with Gasteiger partial charge >= 0.3 is 0 Å². The summed E-state index contributed by atoms with van der Waals surface area (Å²) < 4.78 is 12.0. The number of para-hydroxylation sites is 1. The van der Waals surface area contributed by atoms with Gasteiger partial charge in [-0.15, -0.1) is 0 Å². The van der Waals surface area contributed by atoms with Crippen LogP contribution in [0.25, 0.3) is 11.0 Å². The van der Waals surface area contributed by atoms with E-state index in [1.165, 1.54) is 24.6 Å². The van der Waals surface area contributed by atoms with Crippen LogP contribution in [0.15, 0.2) is 76.6 Å². The van der Waals surface area contributed by atoms with E-state index < -0.39 is 0 Å². The molecular formula is C25H23N3O3S. The zero-order valence-electron chi connectivity index (χ0n) is 17.5. The first-order chi connectivity index (χ1) is 15.8. The molecule has 1 amide bonds. The molecule has 2 heterocycles. The zero-order valence-corrected chi connectivity index (χ0v) is 18.3. The number of benzene rings is 2. The Morgan fingerprint density at radius 3 is 2.56 bits per heavy atom. The van der Waals surface area contributed by atoms with E-state index in [0.29, 0.717) is 34.0 Å². The number of furan rings is 1. The highest BCUT2D eigenvalue weighted by molar-refractivity contribution is 7.98. The van der Waals surface area contributed by atoms with Crippen molar-refractivity contribution in [3.63, 3.8) is 0 Å². The van der Waals surface area contributed by atoms with Gasteiger partial charge in [0.05, 0.1) is 6.10 Å². The molecule has 0 unspecified atom stereocenters. The van der Waals surface area contributed by atoms with Crippen LogP contribution in [-0.2, 0) is 5.75 Å². The maximum Gasteiger partial charge on any atom is 0.291 e. The Hall–Kier alpha value is -3.32. The van der Waals surface area contributed by atoms with Gasteiger partial charge in [0.15, 0.2) is 10.9 Å². The van der Waals surface area contributed by atoms with E-state index in [4.69, 9.17) is 9.15 Å². The quantitative estimate of drug-likeness (QED) is 0.274. The van der Waals surface area contributed by atoms with Gasteiger partial charge in [0.1, 0.15) is 11.3 Å².